The van der Waals surface area contributed by atoms with Gasteiger partial charge in [0.15, 0.2) is 0 Å². The summed E-state index contributed by atoms with van der Waals surface area (Å²) in [6.45, 7) is 4.21. The van der Waals surface area contributed by atoms with Crippen molar-refractivity contribution in [2.45, 2.75) is 50.8 Å². The van der Waals surface area contributed by atoms with Crippen LogP contribution in [0, 0.1) is 6.92 Å². The molecule has 0 atom stereocenters. The zero-order chi connectivity index (χ0) is 15.9. The summed E-state index contributed by atoms with van der Waals surface area (Å²) < 4.78 is 27.8. The van der Waals surface area contributed by atoms with E-state index in [-0.39, 0.29) is 10.5 Å². The van der Waals surface area contributed by atoms with E-state index < -0.39 is 15.0 Å². The average Bonchev–Trinajstić information content (AvgIpc) is 2.41. The molecule has 0 unspecified atom stereocenters. The molecule has 4 nitrogen and oxygen atoms in total. The molecular weight excluding hydrogens is 312 g/mol. The first-order valence-corrected chi connectivity index (χ1v) is 9.39. The summed E-state index contributed by atoms with van der Waals surface area (Å²) >= 11 is 0. The third-order valence-electron chi connectivity index (χ3n) is 3.19. The van der Waals surface area contributed by atoms with Crippen molar-refractivity contribution in [3.05, 3.63) is 29.3 Å². The Morgan fingerprint density at radius 1 is 1.19 bits per heavy atom. The van der Waals surface area contributed by atoms with E-state index in [4.69, 9.17) is 15.4 Å². The predicted octanol–water partition coefficient (Wildman–Crippen LogP) is 4.05. The molecule has 21 heavy (non-hydrogen) atoms. The molecule has 0 saturated carbocycles. The van der Waals surface area contributed by atoms with E-state index in [0.29, 0.717) is 12.2 Å². The van der Waals surface area contributed by atoms with Crippen molar-refractivity contribution in [2.24, 2.45) is 0 Å². The van der Waals surface area contributed by atoms with Gasteiger partial charge in [-0.1, -0.05) is 38.7 Å². The Hall–Kier alpha value is -1.07. The van der Waals surface area contributed by atoms with Crippen molar-refractivity contribution in [3.8, 4) is 0 Å². The molecule has 0 spiro atoms. The molecule has 118 valence electrons. The molecule has 6 heteroatoms. The van der Waals surface area contributed by atoms with E-state index in [1.165, 1.54) is 25.0 Å². The van der Waals surface area contributed by atoms with E-state index >= 15 is 0 Å². The van der Waals surface area contributed by atoms with Crippen molar-refractivity contribution in [1.82, 2.24) is 0 Å². The lowest BCUT2D eigenvalue weighted by atomic mass is 10.1. The highest BCUT2D eigenvalue weighted by atomic mass is 35.7. The van der Waals surface area contributed by atoms with Crippen LogP contribution in [0.2, 0.25) is 0 Å². The van der Waals surface area contributed by atoms with Crippen LogP contribution in [0.4, 0.5) is 0 Å². The van der Waals surface area contributed by atoms with Gasteiger partial charge in [-0.15, -0.1) is 0 Å². The van der Waals surface area contributed by atoms with Gasteiger partial charge >= 0.3 is 5.97 Å². The summed E-state index contributed by atoms with van der Waals surface area (Å²) in [5, 5.41) is 0. The molecule has 0 fully saturated rings. The Morgan fingerprint density at radius 3 is 2.48 bits per heavy atom. The Balaban J connectivity index is 2.62. The second kappa shape index (κ2) is 8.39. The summed E-state index contributed by atoms with van der Waals surface area (Å²) in [6, 6.07) is 4.18. The standard InChI is InChI=1S/C15H21ClO4S/c1-3-4-5-6-7-10-20-15(17)14-11-13(21(16,18)19)9-8-12(14)2/h8-9,11H,3-7,10H2,1-2H3. The maximum absolute atomic E-state index is 12.0. The van der Waals surface area contributed by atoms with Crippen LogP contribution in [-0.4, -0.2) is 21.0 Å². The second-order valence-corrected chi connectivity index (χ2v) is 7.53. The molecule has 1 aromatic rings. The SMILES string of the molecule is CCCCCCCOC(=O)c1cc(S(=O)(=O)Cl)ccc1C. The van der Waals surface area contributed by atoms with Gasteiger partial charge in [0.05, 0.1) is 17.1 Å². The minimum atomic E-state index is -3.85. The fraction of sp³-hybridized carbons (Fsp3) is 0.533. The number of halogens is 1. The molecule has 1 aromatic carbocycles. The summed E-state index contributed by atoms with van der Waals surface area (Å²) in [4.78, 5) is 11.9. The zero-order valence-electron chi connectivity index (χ0n) is 12.4. The Morgan fingerprint density at radius 2 is 1.86 bits per heavy atom. The molecule has 0 N–H and O–H groups in total. The van der Waals surface area contributed by atoms with Gasteiger partial charge in [0.2, 0.25) is 0 Å². The van der Waals surface area contributed by atoms with E-state index in [1.807, 2.05) is 0 Å². The smallest absolute Gasteiger partial charge is 0.338 e. The largest absolute Gasteiger partial charge is 0.462 e. The summed E-state index contributed by atoms with van der Waals surface area (Å²) in [5.41, 5.74) is 0.903. The average molecular weight is 333 g/mol. The molecular formula is C15H21ClO4S. The van der Waals surface area contributed by atoms with Crippen LogP contribution < -0.4 is 0 Å². The molecule has 0 saturated heterocycles. The summed E-state index contributed by atoms with van der Waals surface area (Å²) in [7, 11) is 1.44. The van der Waals surface area contributed by atoms with Crippen LogP contribution in [0.5, 0.6) is 0 Å². The monoisotopic (exact) mass is 332 g/mol. The van der Waals surface area contributed by atoms with E-state index in [1.54, 1.807) is 13.0 Å². The summed E-state index contributed by atoms with van der Waals surface area (Å²) in [5.74, 6) is -0.509. The van der Waals surface area contributed by atoms with E-state index in [9.17, 15) is 13.2 Å². The topological polar surface area (TPSA) is 60.4 Å². The molecule has 1 rings (SSSR count). The highest BCUT2D eigenvalue weighted by molar-refractivity contribution is 8.13. The van der Waals surface area contributed by atoms with Crippen molar-refractivity contribution in [1.29, 1.82) is 0 Å². The Kier molecular flexibility index (Phi) is 7.18. The molecule has 0 heterocycles. The van der Waals surface area contributed by atoms with Gasteiger partial charge in [-0.25, -0.2) is 13.2 Å². The molecule has 0 bridgehead atoms. The minimum Gasteiger partial charge on any atom is -0.462 e. The van der Waals surface area contributed by atoms with Gasteiger partial charge in [0, 0.05) is 10.7 Å². The third kappa shape index (κ3) is 6.06. The van der Waals surface area contributed by atoms with Gasteiger partial charge < -0.3 is 4.74 Å². The Labute approximate surface area is 130 Å². The lowest BCUT2D eigenvalue weighted by molar-refractivity contribution is 0.0496. The number of ether oxygens (including phenoxy) is 1. The van der Waals surface area contributed by atoms with Gasteiger partial charge in [-0.3, -0.25) is 0 Å². The fourth-order valence-corrected chi connectivity index (χ4v) is 2.70. The van der Waals surface area contributed by atoms with E-state index in [2.05, 4.69) is 6.92 Å². The molecule has 0 aliphatic heterocycles. The second-order valence-electron chi connectivity index (χ2n) is 4.96. The zero-order valence-corrected chi connectivity index (χ0v) is 14.0. The van der Waals surface area contributed by atoms with Crippen LogP contribution in [0.1, 0.15) is 54.9 Å². The van der Waals surface area contributed by atoms with Gasteiger partial charge in [0.25, 0.3) is 9.05 Å². The van der Waals surface area contributed by atoms with Crippen LogP contribution in [-0.2, 0) is 13.8 Å². The molecule has 0 amide bonds. The Bertz CT molecular complexity index is 581. The van der Waals surface area contributed by atoms with Crippen LogP contribution >= 0.6 is 10.7 Å². The van der Waals surface area contributed by atoms with Crippen molar-refractivity contribution < 1.29 is 17.9 Å². The molecule has 0 aliphatic carbocycles. The first-order valence-electron chi connectivity index (χ1n) is 7.08. The molecule has 0 radical (unpaired) electrons. The van der Waals surface area contributed by atoms with Gasteiger partial charge in [-0.05, 0) is 31.0 Å². The number of esters is 1. The van der Waals surface area contributed by atoms with Gasteiger partial charge in [0.1, 0.15) is 0 Å². The number of carbonyl (C=O) groups excluding carboxylic acids is 1. The van der Waals surface area contributed by atoms with Crippen LogP contribution in [0.3, 0.4) is 0 Å². The highest BCUT2D eigenvalue weighted by Gasteiger charge is 2.16. The molecule has 0 aliphatic rings. The van der Waals surface area contributed by atoms with Crippen molar-refractivity contribution >= 4 is 25.7 Å². The normalized spacial score (nSPS) is 11.4. The van der Waals surface area contributed by atoms with Crippen molar-refractivity contribution in [2.75, 3.05) is 6.61 Å². The van der Waals surface area contributed by atoms with Crippen molar-refractivity contribution in [3.63, 3.8) is 0 Å². The van der Waals surface area contributed by atoms with Crippen LogP contribution in [0.25, 0.3) is 0 Å². The minimum absolute atomic E-state index is 0.0929. The summed E-state index contributed by atoms with van der Waals surface area (Å²) in [6.07, 6.45) is 5.32. The molecule has 0 aromatic heterocycles. The third-order valence-corrected chi connectivity index (χ3v) is 4.54. The van der Waals surface area contributed by atoms with E-state index in [0.717, 1.165) is 19.3 Å². The quantitative estimate of drug-likeness (QED) is 0.409. The number of carbonyl (C=O) groups is 1. The first-order chi connectivity index (χ1) is 9.86. The predicted molar refractivity (Wildman–Crippen MR) is 83.3 cm³/mol. The number of benzene rings is 1. The highest BCUT2D eigenvalue weighted by Crippen LogP contribution is 2.20. The first kappa shape index (κ1) is 18.0. The number of unbranched alkanes of at least 4 members (excludes halogenated alkanes) is 4. The number of hydrogen-bond donors (Lipinski definition) is 0. The van der Waals surface area contributed by atoms with Gasteiger partial charge in [-0.2, -0.15) is 0 Å². The lowest BCUT2D eigenvalue weighted by Gasteiger charge is -2.08. The fourth-order valence-electron chi connectivity index (χ4n) is 1.92. The lowest BCUT2D eigenvalue weighted by Crippen LogP contribution is -2.09. The maximum Gasteiger partial charge on any atom is 0.338 e. The maximum atomic E-state index is 12.0. The number of rotatable bonds is 8. The number of hydrogen-bond acceptors (Lipinski definition) is 4. The van der Waals surface area contributed by atoms with Crippen LogP contribution in [0.15, 0.2) is 23.1 Å². The number of aryl methyl sites for hydroxylation is 1.